The number of imidazole rings is 1. The monoisotopic (exact) mass is 326 g/mol. The van der Waals surface area contributed by atoms with E-state index in [0.29, 0.717) is 0 Å². The number of hydrogen-bond donors (Lipinski definition) is 0. The van der Waals surface area contributed by atoms with E-state index in [1.165, 1.54) is 0 Å². The third kappa shape index (κ3) is 2.78. The van der Waals surface area contributed by atoms with E-state index in [1.807, 2.05) is 66.7 Å². The van der Waals surface area contributed by atoms with Crippen molar-refractivity contribution in [2.24, 2.45) is 0 Å². The molecule has 4 rings (SSSR count). The Kier molecular flexibility index (Phi) is 3.98. The molecule has 120 valence electrons. The van der Waals surface area contributed by atoms with Gasteiger partial charge in [-0.25, -0.2) is 9.78 Å². The molecule has 4 nitrogen and oxygen atoms in total. The van der Waals surface area contributed by atoms with E-state index in [1.54, 1.807) is 4.57 Å². The van der Waals surface area contributed by atoms with Crippen molar-refractivity contribution in [3.05, 3.63) is 78.1 Å². The molecule has 0 spiro atoms. The van der Waals surface area contributed by atoms with Crippen LogP contribution in [0.1, 0.15) is 16.2 Å². The summed E-state index contributed by atoms with van der Waals surface area (Å²) in [5.74, 6) is -0.251. The molecule has 0 aliphatic carbocycles. The Morgan fingerprint density at radius 3 is 2.56 bits per heavy atom. The van der Waals surface area contributed by atoms with Gasteiger partial charge in [-0.3, -0.25) is 0 Å². The molecule has 2 radical (unpaired) electrons. The minimum Gasteiger partial charge on any atom is -0.455 e. The minimum absolute atomic E-state index is 0.153. The van der Waals surface area contributed by atoms with Crippen LogP contribution in [-0.4, -0.2) is 23.4 Å². The number of esters is 1. The first-order chi connectivity index (χ1) is 12.3. The zero-order valence-electron chi connectivity index (χ0n) is 13.6. The van der Waals surface area contributed by atoms with Crippen LogP contribution in [0.3, 0.4) is 0 Å². The lowest BCUT2D eigenvalue weighted by molar-refractivity contribution is 0.0454. The molecule has 5 heteroatoms. The van der Waals surface area contributed by atoms with Crippen LogP contribution in [0.4, 0.5) is 0 Å². The molecule has 3 aromatic carbocycles. The van der Waals surface area contributed by atoms with E-state index in [9.17, 15) is 4.79 Å². The summed E-state index contributed by atoms with van der Waals surface area (Å²) in [4.78, 5) is 17.0. The molecule has 0 bridgehead atoms. The molecule has 25 heavy (non-hydrogen) atoms. The van der Waals surface area contributed by atoms with Gasteiger partial charge in [0.05, 0.1) is 18.9 Å². The van der Waals surface area contributed by atoms with Gasteiger partial charge in [-0.1, -0.05) is 60.7 Å². The first-order valence-electron chi connectivity index (χ1n) is 8.07. The fourth-order valence-corrected chi connectivity index (χ4v) is 3.02. The van der Waals surface area contributed by atoms with Crippen LogP contribution in [0.25, 0.3) is 21.8 Å². The Morgan fingerprint density at radius 1 is 1.00 bits per heavy atom. The van der Waals surface area contributed by atoms with Crippen molar-refractivity contribution in [2.45, 2.75) is 13.1 Å². The Morgan fingerprint density at radius 2 is 1.76 bits per heavy atom. The summed E-state index contributed by atoms with van der Waals surface area (Å²) in [7, 11) is 5.91. The van der Waals surface area contributed by atoms with Gasteiger partial charge >= 0.3 is 5.97 Å². The summed E-state index contributed by atoms with van der Waals surface area (Å²) >= 11 is 0. The van der Waals surface area contributed by atoms with Gasteiger partial charge in [0.25, 0.3) is 0 Å². The molecule has 0 atom stereocenters. The third-order valence-electron chi connectivity index (χ3n) is 4.21. The highest BCUT2D eigenvalue weighted by Gasteiger charge is 2.19. The van der Waals surface area contributed by atoms with Gasteiger partial charge in [0.1, 0.15) is 6.61 Å². The molecule has 0 N–H and O–H groups in total. The second-order valence-corrected chi connectivity index (χ2v) is 5.76. The minimum atomic E-state index is -0.477. The smallest absolute Gasteiger partial charge is 0.374 e. The number of benzene rings is 3. The second kappa shape index (κ2) is 6.44. The van der Waals surface area contributed by atoms with Crippen molar-refractivity contribution < 1.29 is 9.53 Å². The maximum atomic E-state index is 12.5. The molecule has 0 unspecified atom stereocenters. The molecule has 0 aliphatic rings. The van der Waals surface area contributed by atoms with Crippen molar-refractivity contribution in [1.29, 1.82) is 0 Å². The summed E-state index contributed by atoms with van der Waals surface area (Å²) in [5.41, 5.74) is 2.51. The van der Waals surface area contributed by atoms with E-state index in [4.69, 9.17) is 12.6 Å². The van der Waals surface area contributed by atoms with Crippen molar-refractivity contribution in [3.63, 3.8) is 0 Å². The fraction of sp³-hybridized carbons (Fsp3) is 0.100. The van der Waals surface area contributed by atoms with Crippen molar-refractivity contribution in [1.82, 2.24) is 9.55 Å². The van der Waals surface area contributed by atoms with Gasteiger partial charge in [-0.05, 0) is 23.5 Å². The number of fused-ring (bicyclic) bond motifs is 3. The summed E-state index contributed by atoms with van der Waals surface area (Å²) in [6, 6.07) is 21.4. The molecule has 4 aromatic rings. The predicted molar refractivity (Wildman–Crippen MR) is 98.6 cm³/mol. The van der Waals surface area contributed by atoms with E-state index in [2.05, 4.69) is 4.98 Å². The van der Waals surface area contributed by atoms with Gasteiger partial charge in [0, 0.05) is 5.39 Å². The van der Waals surface area contributed by atoms with Crippen molar-refractivity contribution in [3.8, 4) is 0 Å². The largest absolute Gasteiger partial charge is 0.455 e. The second-order valence-electron chi connectivity index (χ2n) is 5.76. The summed E-state index contributed by atoms with van der Waals surface area (Å²) < 4.78 is 7.13. The molecule has 0 amide bonds. The lowest BCUT2D eigenvalue weighted by atomic mass is 10.1. The van der Waals surface area contributed by atoms with Crippen LogP contribution in [-0.2, 0) is 17.8 Å². The topological polar surface area (TPSA) is 44.1 Å². The number of aromatic nitrogens is 2. The molecule has 1 heterocycles. The fourth-order valence-electron chi connectivity index (χ4n) is 3.02. The number of carbonyl (C=O) groups is 1. The molecular formula is C20H15BN2O2. The van der Waals surface area contributed by atoms with E-state index < -0.39 is 5.97 Å². The highest BCUT2D eigenvalue weighted by Crippen LogP contribution is 2.26. The predicted octanol–water partition coefficient (Wildman–Crippen LogP) is 3.67. The van der Waals surface area contributed by atoms with Crippen LogP contribution < -0.4 is 0 Å². The van der Waals surface area contributed by atoms with Gasteiger partial charge in [0.2, 0.25) is 5.82 Å². The molecule has 0 aliphatic heterocycles. The number of carbonyl (C=O) groups excluding carboxylic acids is 1. The van der Waals surface area contributed by atoms with E-state index in [0.717, 1.165) is 27.4 Å². The highest BCUT2D eigenvalue weighted by molar-refractivity contribution is 6.10. The van der Waals surface area contributed by atoms with Crippen LogP contribution in [0.2, 0.25) is 0 Å². The quantitative estimate of drug-likeness (QED) is 0.424. The molecular weight excluding hydrogens is 311 g/mol. The zero-order valence-corrected chi connectivity index (χ0v) is 13.6. The van der Waals surface area contributed by atoms with E-state index in [-0.39, 0.29) is 18.9 Å². The highest BCUT2D eigenvalue weighted by atomic mass is 16.5. The maximum Gasteiger partial charge on any atom is 0.374 e. The van der Waals surface area contributed by atoms with Crippen LogP contribution in [0.5, 0.6) is 0 Å². The molecule has 0 fully saturated rings. The van der Waals surface area contributed by atoms with Crippen LogP contribution in [0.15, 0.2) is 66.7 Å². The van der Waals surface area contributed by atoms with Gasteiger partial charge < -0.3 is 9.30 Å². The van der Waals surface area contributed by atoms with Gasteiger partial charge in [-0.2, -0.15) is 0 Å². The number of hydrogen-bond acceptors (Lipinski definition) is 3. The first kappa shape index (κ1) is 15.5. The van der Waals surface area contributed by atoms with Crippen LogP contribution >= 0.6 is 0 Å². The van der Waals surface area contributed by atoms with Crippen molar-refractivity contribution >= 4 is 35.6 Å². The Bertz CT molecular complexity index is 1060. The maximum absolute atomic E-state index is 12.5. The lowest BCUT2D eigenvalue weighted by Gasteiger charge is -2.08. The Labute approximate surface area is 146 Å². The number of nitrogens with zero attached hydrogens (tertiary/aromatic N) is 2. The lowest BCUT2D eigenvalue weighted by Crippen LogP contribution is -2.14. The third-order valence-corrected chi connectivity index (χ3v) is 4.21. The first-order valence-corrected chi connectivity index (χ1v) is 8.07. The van der Waals surface area contributed by atoms with Crippen molar-refractivity contribution in [2.75, 3.05) is 0 Å². The van der Waals surface area contributed by atoms with Crippen LogP contribution in [0, 0.1) is 0 Å². The van der Waals surface area contributed by atoms with E-state index >= 15 is 0 Å². The average molecular weight is 326 g/mol. The standard InChI is InChI=1S/C20H15BN2O2/c21-13-23-18-16-9-5-4-8-15(16)10-11-17(18)22-19(23)20(24)25-12-14-6-2-1-3-7-14/h1-11H,12-13H2. The van der Waals surface area contributed by atoms with Gasteiger partial charge in [-0.15, -0.1) is 0 Å². The number of ether oxygens (including phenoxy) is 1. The SMILES string of the molecule is [B]Cn1c(C(=O)OCc2ccccc2)nc2ccc3ccccc3c21. The Hall–Kier alpha value is -3.08. The Balaban J connectivity index is 1.74. The average Bonchev–Trinajstić information content (AvgIpc) is 3.06. The van der Waals surface area contributed by atoms with Gasteiger partial charge in [0.15, 0.2) is 0 Å². The zero-order chi connectivity index (χ0) is 17.2. The molecule has 1 aromatic heterocycles. The summed E-state index contributed by atoms with van der Waals surface area (Å²) in [6.45, 7) is 0.203. The number of rotatable bonds is 4. The molecule has 0 saturated carbocycles. The summed E-state index contributed by atoms with van der Waals surface area (Å²) in [6.07, 6.45) is 0.153. The molecule has 0 saturated heterocycles. The summed E-state index contributed by atoms with van der Waals surface area (Å²) in [5, 5.41) is 2.09. The normalized spacial score (nSPS) is 11.0.